The Labute approximate surface area is 237 Å². The van der Waals surface area contributed by atoms with Crippen molar-refractivity contribution >= 4 is 5.57 Å². The highest BCUT2D eigenvalue weighted by molar-refractivity contribution is 5.63. The van der Waals surface area contributed by atoms with Crippen molar-refractivity contribution in [3.8, 4) is 5.75 Å². The zero-order valence-corrected chi connectivity index (χ0v) is 25.0. The number of hydrogen-bond donors (Lipinski definition) is 2. The van der Waals surface area contributed by atoms with Gasteiger partial charge in [-0.25, -0.2) is 0 Å². The number of aliphatic hydroxyl groups is 2. The Kier molecular flexibility index (Phi) is 14.5. The van der Waals surface area contributed by atoms with Crippen LogP contribution in [-0.4, -0.2) is 53.7 Å². The van der Waals surface area contributed by atoms with Gasteiger partial charge in [0.1, 0.15) is 22.9 Å². The molecule has 0 unspecified atom stereocenters. The van der Waals surface area contributed by atoms with Crippen molar-refractivity contribution < 1.29 is 32.5 Å². The van der Waals surface area contributed by atoms with Crippen molar-refractivity contribution in [1.29, 1.82) is 0 Å². The van der Waals surface area contributed by atoms with E-state index in [0.717, 1.165) is 50.6 Å². The molecule has 0 amide bonds. The van der Waals surface area contributed by atoms with Crippen molar-refractivity contribution in [1.82, 2.24) is 4.90 Å². The number of aliphatic hydroxyl groups excluding tert-OH is 2. The number of furan rings is 1. The van der Waals surface area contributed by atoms with Crippen LogP contribution >= 0.6 is 0 Å². The lowest BCUT2D eigenvalue weighted by Gasteiger charge is -2.24. The minimum atomic E-state index is -4.44. The SMILES string of the molecule is C=C/C(=C(C)\C=C(/C)c1ccc(CN2CCc3ccc(OC(C)(C)CO)cc3CC2)o1)C(F)(F)F.CCC.CO. The van der Waals surface area contributed by atoms with E-state index < -0.39 is 17.4 Å². The van der Waals surface area contributed by atoms with Crippen LogP contribution in [0.3, 0.4) is 0 Å². The molecule has 0 fully saturated rings. The Bertz CT molecular complexity index is 1130. The highest BCUT2D eigenvalue weighted by Crippen LogP contribution is 2.31. The van der Waals surface area contributed by atoms with Gasteiger partial charge in [-0.05, 0) is 87.1 Å². The molecule has 0 bridgehead atoms. The quantitative estimate of drug-likeness (QED) is 0.324. The summed E-state index contributed by atoms with van der Waals surface area (Å²) in [7, 11) is 1.00. The van der Waals surface area contributed by atoms with Crippen molar-refractivity contribution in [2.45, 2.75) is 79.1 Å². The predicted octanol–water partition coefficient (Wildman–Crippen LogP) is 7.52. The minimum Gasteiger partial charge on any atom is -0.485 e. The highest BCUT2D eigenvalue weighted by Gasteiger charge is 2.32. The van der Waals surface area contributed by atoms with Gasteiger partial charge >= 0.3 is 6.18 Å². The van der Waals surface area contributed by atoms with Crippen LogP contribution in [0.2, 0.25) is 0 Å². The summed E-state index contributed by atoms with van der Waals surface area (Å²) in [5.41, 5.74) is 1.86. The monoisotopic (exact) mass is 565 g/mol. The van der Waals surface area contributed by atoms with Crippen molar-refractivity contribution in [2.24, 2.45) is 0 Å². The van der Waals surface area contributed by atoms with Crippen molar-refractivity contribution in [3.63, 3.8) is 0 Å². The standard InChI is InChI=1S/C28H34F3NO3.C3H8.CH4O/c1-6-25(28(29,30)31)19(2)15-20(3)26-10-9-24(34-26)17-32-13-11-21-7-8-23(16-22(21)12-14-32)35-27(4,5)18-33;1-3-2;1-2/h6-10,15-16,33H,1,11-14,17-18H2,2-5H3;3H2,1-2H3;2H,1H3/b20-15+,25-19+;;. The highest BCUT2D eigenvalue weighted by atomic mass is 19.4. The van der Waals surface area contributed by atoms with Crippen LogP contribution in [0.1, 0.15) is 70.6 Å². The van der Waals surface area contributed by atoms with Gasteiger partial charge in [-0.1, -0.05) is 45.1 Å². The first-order valence-corrected chi connectivity index (χ1v) is 13.6. The van der Waals surface area contributed by atoms with E-state index in [9.17, 15) is 18.3 Å². The molecule has 0 radical (unpaired) electrons. The zero-order valence-electron chi connectivity index (χ0n) is 25.0. The molecule has 224 valence electrons. The van der Waals surface area contributed by atoms with E-state index in [2.05, 4.69) is 37.5 Å². The van der Waals surface area contributed by atoms with E-state index in [1.807, 2.05) is 26.0 Å². The summed E-state index contributed by atoms with van der Waals surface area (Å²) in [5, 5.41) is 16.5. The second-order valence-electron chi connectivity index (χ2n) is 10.3. The number of hydrogen-bond acceptors (Lipinski definition) is 5. The van der Waals surface area contributed by atoms with E-state index >= 15 is 0 Å². The summed E-state index contributed by atoms with van der Waals surface area (Å²) in [4.78, 5) is 2.31. The lowest BCUT2D eigenvalue weighted by atomic mass is 10.0. The van der Waals surface area contributed by atoms with Gasteiger partial charge in [-0.15, -0.1) is 0 Å². The fourth-order valence-corrected chi connectivity index (χ4v) is 4.19. The molecule has 1 aliphatic rings. The fraction of sp³-hybridized carbons (Fsp3) is 0.500. The largest absolute Gasteiger partial charge is 0.485 e. The molecule has 8 heteroatoms. The maximum atomic E-state index is 13.1. The third-order valence-corrected chi connectivity index (χ3v) is 6.14. The third kappa shape index (κ3) is 11.0. The van der Waals surface area contributed by atoms with Gasteiger partial charge in [0.25, 0.3) is 0 Å². The van der Waals surface area contributed by atoms with Crippen LogP contribution in [-0.2, 0) is 19.4 Å². The molecule has 1 aliphatic heterocycles. The second-order valence-corrected chi connectivity index (χ2v) is 10.3. The molecular formula is C32H46F3NO4. The Morgan fingerprint density at radius 1 is 1.05 bits per heavy atom. The Balaban J connectivity index is 0.00000150. The Morgan fingerprint density at radius 3 is 2.20 bits per heavy atom. The van der Waals surface area contributed by atoms with E-state index in [1.54, 1.807) is 13.0 Å². The fourth-order valence-electron chi connectivity index (χ4n) is 4.19. The van der Waals surface area contributed by atoms with Gasteiger partial charge in [0.15, 0.2) is 0 Å². The average molecular weight is 566 g/mol. The molecule has 40 heavy (non-hydrogen) atoms. The average Bonchev–Trinajstić information content (AvgIpc) is 3.27. The molecule has 0 spiro atoms. The normalized spacial score (nSPS) is 14.9. The van der Waals surface area contributed by atoms with Gasteiger partial charge in [0.05, 0.1) is 18.7 Å². The molecule has 0 aliphatic carbocycles. The molecular weight excluding hydrogens is 519 g/mol. The second kappa shape index (κ2) is 16.5. The van der Waals surface area contributed by atoms with Crippen LogP contribution in [0.25, 0.3) is 5.57 Å². The first kappa shape index (κ1) is 35.2. The number of halogens is 3. The van der Waals surface area contributed by atoms with E-state index in [4.69, 9.17) is 14.3 Å². The molecule has 0 saturated heterocycles. The first-order chi connectivity index (χ1) is 18.8. The smallest absolute Gasteiger partial charge is 0.416 e. The summed E-state index contributed by atoms with van der Waals surface area (Å²) in [5.74, 6) is 2.08. The number of alkyl halides is 3. The predicted molar refractivity (Wildman–Crippen MR) is 156 cm³/mol. The minimum absolute atomic E-state index is 0.0642. The zero-order chi connectivity index (χ0) is 30.5. The maximum absolute atomic E-state index is 13.1. The molecule has 0 saturated carbocycles. The molecule has 1 aromatic carbocycles. The molecule has 0 atom stereocenters. The molecule has 3 rings (SSSR count). The lowest BCUT2D eigenvalue weighted by molar-refractivity contribution is -0.0887. The van der Waals surface area contributed by atoms with Crippen LogP contribution < -0.4 is 4.74 Å². The van der Waals surface area contributed by atoms with Gasteiger partial charge in [0.2, 0.25) is 0 Å². The van der Waals surface area contributed by atoms with Crippen LogP contribution in [0.15, 0.2) is 64.6 Å². The van der Waals surface area contributed by atoms with Crippen molar-refractivity contribution in [3.05, 3.63) is 82.9 Å². The first-order valence-electron chi connectivity index (χ1n) is 13.6. The number of allylic oxidation sites excluding steroid dienone is 5. The van der Waals surface area contributed by atoms with Crippen LogP contribution in [0, 0.1) is 0 Å². The van der Waals surface area contributed by atoms with Gasteiger partial charge in [-0.3, -0.25) is 4.90 Å². The Morgan fingerprint density at radius 2 is 1.65 bits per heavy atom. The summed E-state index contributed by atoms with van der Waals surface area (Å²) in [6.45, 7) is 16.7. The lowest BCUT2D eigenvalue weighted by Crippen LogP contribution is -2.32. The van der Waals surface area contributed by atoms with Gasteiger partial charge in [-0.2, -0.15) is 13.2 Å². The molecule has 2 aromatic rings. The number of nitrogens with zero attached hydrogens (tertiary/aromatic N) is 1. The van der Waals surface area contributed by atoms with Gasteiger partial charge < -0.3 is 19.4 Å². The number of rotatable bonds is 8. The summed E-state index contributed by atoms with van der Waals surface area (Å²) < 4.78 is 51.3. The van der Waals surface area contributed by atoms with E-state index in [1.165, 1.54) is 30.5 Å². The topological polar surface area (TPSA) is 66.1 Å². The number of fused-ring (bicyclic) bond motifs is 1. The molecule has 5 nitrogen and oxygen atoms in total. The molecule has 2 heterocycles. The molecule has 1 aromatic heterocycles. The van der Waals surface area contributed by atoms with Crippen LogP contribution in [0.5, 0.6) is 5.75 Å². The third-order valence-electron chi connectivity index (χ3n) is 6.14. The summed E-state index contributed by atoms with van der Waals surface area (Å²) in [6.07, 6.45) is 0.894. The summed E-state index contributed by atoms with van der Waals surface area (Å²) >= 11 is 0. The van der Waals surface area contributed by atoms with Crippen molar-refractivity contribution in [2.75, 3.05) is 26.8 Å². The Hall–Kier alpha value is -2.81. The number of ether oxygens (including phenoxy) is 1. The molecule has 2 N–H and O–H groups in total. The maximum Gasteiger partial charge on any atom is 0.416 e. The van der Waals surface area contributed by atoms with E-state index in [0.29, 0.717) is 17.9 Å². The van der Waals surface area contributed by atoms with Gasteiger partial charge in [0, 0.05) is 20.2 Å². The number of benzene rings is 1. The van der Waals surface area contributed by atoms with Crippen LogP contribution in [0.4, 0.5) is 13.2 Å². The van der Waals surface area contributed by atoms with E-state index in [-0.39, 0.29) is 12.2 Å². The summed E-state index contributed by atoms with van der Waals surface area (Å²) in [6, 6.07) is 9.78.